The Labute approximate surface area is 180 Å². The molecule has 0 radical (unpaired) electrons. The molecule has 2 heteroatoms. The summed E-state index contributed by atoms with van der Waals surface area (Å²) in [6, 6.07) is 12.4. The first-order valence-electron chi connectivity index (χ1n) is 11.6. The van der Waals surface area contributed by atoms with Gasteiger partial charge in [-0.2, -0.15) is 0 Å². The Morgan fingerprint density at radius 1 is 1.00 bits per heavy atom. The van der Waals surface area contributed by atoms with E-state index in [1.807, 2.05) is 12.1 Å². The number of aryl methyl sites for hydroxylation is 3. The van der Waals surface area contributed by atoms with Gasteiger partial charge in [-0.1, -0.05) is 43.3 Å². The third-order valence-electron chi connectivity index (χ3n) is 8.99. The Hall–Kier alpha value is -2.06. The molecule has 2 nitrogen and oxygen atoms in total. The largest absolute Gasteiger partial charge is 0.508 e. The van der Waals surface area contributed by atoms with Crippen LogP contribution in [-0.2, 0) is 6.42 Å². The van der Waals surface area contributed by atoms with Crippen molar-refractivity contribution in [1.82, 2.24) is 0 Å². The lowest BCUT2D eigenvalue weighted by Crippen LogP contribution is -2.49. The van der Waals surface area contributed by atoms with Crippen molar-refractivity contribution in [2.45, 2.75) is 70.8 Å². The first-order valence-corrected chi connectivity index (χ1v) is 11.6. The predicted molar refractivity (Wildman–Crippen MR) is 123 cm³/mol. The number of aromatic hydroxyl groups is 1. The fraction of sp³-hybridized carbons (Fsp3) is 0.500. The average Bonchev–Trinajstić information content (AvgIpc) is 2.98. The molecule has 0 saturated heterocycles. The maximum absolute atomic E-state index is 11.9. The molecule has 158 valence electrons. The summed E-state index contributed by atoms with van der Waals surface area (Å²) in [5.74, 6) is 2.17. The molecule has 3 aliphatic rings. The highest BCUT2D eigenvalue weighted by atomic mass is 16.3. The minimum atomic E-state index is -0.730. The van der Waals surface area contributed by atoms with Crippen molar-refractivity contribution in [1.29, 1.82) is 0 Å². The summed E-state index contributed by atoms with van der Waals surface area (Å²) in [5.41, 5.74) is 5.78. The molecule has 0 unspecified atom stereocenters. The summed E-state index contributed by atoms with van der Waals surface area (Å²) in [7, 11) is 0. The second kappa shape index (κ2) is 6.99. The predicted octanol–water partition coefficient (Wildman–Crippen LogP) is 6.31. The zero-order valence-corrected chi connectivity index (χ0v) is 18.5. The van der Waals surface area contributed by atoms with Crippen LogP contribution in [0.4, 0.5) is 0 Å². The van der Waals surface area contributed by atoms with E-state index >= 15 is 0 Å². The number of benzene rings is 2. The Balaban J connectivity index is 1.45. The van der Waals surface area contributed by atoms with E-state index in [4.69, 9.17) is 0 Å². The molecule has 2 N–H and O–H groups in total. The van der Waals surface area contributed by atoms with Crippen LogP contribution < -0.4 is 0 Å². The number of hydrogen-bond donors (Lipinski definition) is 2. The standard InChI is InChI=1S/C28H34O2/c1-18-5-4-6-19(2)22(18)12-15-28(30)16-13-26-25-9-7-20-17-21(29)8-10-23(20)24(25)11-14-27(26,28)3/h4-6,8,10,12,15,17,24-26,29-30H,7,9,11,13-14,16H2,1-3H3/b15-12+/t24-,25-,26+,27+,28+/m1/s1. The van der Waals surface area contributed by atoms with E-state index in [2.05, 4.69) is 57.2 Å². The van der Waals surface area contributed by atoms with Crippen LogP contribution in [0, 0.1) is 31.1 Å². The Morgan fingerprint density at radius 3 is 2.53 bits per heavy atom. The SMILES string of the molecule is Cc1cccc(C)c1/C=C/[C@]1(O)CC[C@H]2[C@@H]3CCc4cc(O)ccc4[C@H]3CC[C@@]21C. The summed E-state index contributed by atoms with van der Waals surface area (Å²) in [6.07, 6.45) is 10.7. The van der Waals surface area contributed by atoms with Crippen molar-refractivity contribution in [2.24, 2.45) is 17.3 Å². The topological polar surface area (TPSA) is 40.5 Å². The van der Waals surface area contributed by atoms with Crippen molar-refractivity contribution < 1.29 is 10.2 Å². The second-order valence-corrected chi connectivity index (χ2v) is 10.4. The number of aliphatic hydroxyl groups is 1. The molecule has 3 aliphatic carbocycles. The van der Waals surface area contributed by atoms with Crippen LogP contribution in [0.1, 0.15) is 72.8 Å². The number of fused-ring (bicyclic) bond motifs is 5. The third-order valence-corrected chi connectivity index (χ3v) is 8.99. The lowest BCUT2D eigenvalue weighted by Gasteiger charge is -2.52. The number of hydrogen-bond acceptors (Lipinski definition) is 2. The molecule has 0 amide bonds. The summed E-state index contributed by atoms with van der Waals surface area (Å²) >= 11 is 0. The molecule has 0 aliphatic heterocycles. The van der Waals surface area contributed by atoms with E-state index < -0.39 is 5.60 Å². The van der Waals surface area contributed by atoms with Gasteiger partial charge in [-0.25, -0.2) is 0 Å². The Morgan fingerprint density at radius 2 is 1.77 bits per heavy atom. The maximum atomic E-state index is 11.9. The quantitative estimate of drug-likeness (QED) is 0.618. The average molecular weight is 403 g/mol. The van der Waals surface area contributed by atoms with Gasteiger partial charge in [0.05, 0.1) is 5.60 Å². The van der Waals surface area contributed by atoms with Crippen LogP contribution in [0.15, 0.2) is 42.5 Å². The van der Waals surface area contributed by atoms with Gasteiger partial charge in [-0.3, -0.25) is 0 Å². The van der Waals surface area contributed by atoms with E-state index in [0.717, 1.165) is 32.1 Å². The van der Waals surface area contributed by atoms with Crippen LogP contribution in [0.2, 0.25) is 0 Å². The lowest BCUT2D eigenvalue weighted by atomic mass is 9.53. The van der Waals surface area contributed by atoms with E-state index in [-0.39, 0.29) is 5.41 Å². The van der Waals surface area contributed by atoms with Gasteiger partial charge in [-0.05, 0) is 110 Å². The molecule has 2 aromatic rings. The van der Waals surface area contributed by atoms with Gasteiger partial charge in [0, 0.05) is 5.41 Å². The maximum Gasteiger partial charge on any atom is 0.115 e. The summed E-state index contributed by atoms with van der Waals surface area (Å²) in [6.45, 7) is 6.65. The molecule has 0 spiro atoms. The Bertz CT molecular complexity index is 985. The van der Waals surface area contributed by atoms with Crippen LogP contribution >= 0.6 is 0 Å². The summed E-state index contributed by atoms with van der Waals surface area (Å²) < 4.78 is 0. The fourth-order valence-electron chi connectivity index (χ4n) is 7.21. The first-order chi connectivity index (χ1) is 14.3. The molecule has 2 aromatic carbocycles. The minimum Gasteiger partial charge on any atom is -0.508 e. The van der Waals surface area contributed by atoms with Gasteiger partial charge in [0.2, 0.25) is 0 Å². The van der Waals surface area contributed by atoms with E-state index in [0.29, 0.717) is 23.5 Å². The summed E-state index contributed by atoms with van der Waals surface area (Å²) in [4.78, 5) is 0. The highest BCUT2D eigenvalue weighted by molar-refractivity contribution is 5.59. The monoisotopic (exact) mass is 402 g/mol. The van der Waals surface area contributed by atoms with Gasteiger partial charge in [0.15, 0.2) is 0 Å². The van der Waals surface area contributed by atoms with Crippen molar-refractivity contribution in [3.8, 4) is 5.75 Å². The van der Waals surface area contributed by atoms with Gasteiger partial charge in [0.1, 0.15) is 5.75 Å². The highest BCUT2D eigenvalue weighted by Crippen LogP contribution is 2.64. The van der Waals surface area contributed by atoms with Crippen molar-refractivity contribution in [3.05, 3.63) is 70.3 Å². The van der Waals surface area contributed by atoms with Crippen LogP contribution in [0.3, 0.4) is 0 Å². The molecule has 0 aromatic heterocycles. The number of rotatable bonds is 2. The molecule has 30 heavy (non-hydrogen) atoms. The molecule has 0 heterocycles. The number of phenols is 1. The molecular weight excluding hydrogens is 368 g/mol. The molecule has 0 bridgehead atoms. The lowest BCUT2D eigenvalue weighted by molar-refractivity contribution is -0.0705. The smallest absolute Gasteiger partial charge is 0.115 e. The van der Waals surface area contributed by atoms with Gasteiger partial charge in [-0.15, -0.1) is 0 Å². The molecule has 5 rings (SSSR count). The number of phenolic OH excluding ortho intramolecular Hbond substituents is 1. The minimum absolute atomic E-state index is 0.0598. The van der Waals surface area contributed by atoms with Crippen molar-refractivity contribution in [2.75, 3.05) is 0 Å². The van der Waals surface area contributed by atoms with E-state index in [1.54, 1.807) is 0 Å². The molecule has 2 fully saturated rings. The Kier molecular flexibility index (Phi) is 4.63. The second-order valence-electron chi connectivity index (χ2n) is 10.4. The van der Waals surface area contributed by atoms with Gasteiger partial charge in [0.25, 0.3) is 0 Å². The third kappa shape index (κ3) is 2.87. The molecule has 5 atom stereocenters. The van der Waals surface area contributed by atoms with E-state index in [9.17, 15) is 10.2 Å². The van der Waals surface area contributed by atoms with E-state index in [1.165, 1.54) is 34.2 Å². The fourth-order valence-corrected chi connectivity index (χ4v) is 7.21. The van der Waals surface area contributed by atoms with Crippen LogP contribution in [0.5, 0.6) is 5.75 Å². The first kappa shape index (κ1) is 19.9. The van der Waals surface area contributed by atoms with Crippen LogP contribution in [0.25, 0.3) is 6.08 Å². The van der Waals surface area contributed by atoms with Crippen molar-refractivity contribution >= 4 is 6.08 Å². The zero-order chi connectivity index (χ0) is 21.1. The molecular formula is C28H34O2. The van der Waals surface area contributed by atoms with Gasteiger partial charge < -0.3 is 10.2 Å². The summed E-state index contributed by atoms with van der Waals surface area (Å²) in [5, 5.41) is 21.8. The molecule has 2 saturated carbocycles. The zero-order valence-electron chi connectivity index (χ0n) is 18.5. The normalized spacial score (nSPS) is 35.1. The highest BCUT2D eigenvalue weighted by Gasteiger charge is 2.60. The van der Waals surface area contributed by atoms with Crippen molar-refractivity contribution in [3.63, 3.8) is 0 Å². The van der Waals surface area contributed by atoms with Crippen LogP contribution in [-0.4, -0.2) is 15.8 Å². The van der Waals surface area contributed by atoms with Gasteiger partial charge >= 0.3 is 0 Å².